The third kappa shape index (κ3) is 4.81. The summed E-state index contributed by atoms with van der Waals surface area (Å²) in [4.78, 5) is 4.52. The Kier molecular flexibility index (Phi) is 6.33. The van der Waals surface area contributed by atoms with Gasteiger partial charge in [0, 0.05) is 18.3 Å². The minimum Gasteiger partial charge on any atom is -0.497 e. The average Bonchev–Trinajstić information content (AvgIpc) is 3.21. The lowest BCUT2D eigenvalue weighted by molar-refractivity contribution is 0.414. The number of hydrogen-bond acceptors (Lipinski definition) is 6. The lowest BCUT2D eigenvalue weighted by atomic mass is 10.2. The van der Waals surface area contributed by atoms with E-state index in [9.17, 15) is 5.26 Å². The highest BCUT2D eigenvalue weighted by Gasteiger charge is 2.17. The van der Waals surface area contributed by atoms with Crippen molar-refractivity contribution in [2.45, 2.75) is 6.54 Å². The van der Waals surface area contributed by atoms with Crippen molar-refractivity contribution in [3.05, 3.63) is 101 Å². The van der Waals surface area contributed by atoms with Crippen LogP contribution in [0.15, 0.2) is 89.7 Å². The molecule has 0 unspecified atom stereocenters. The summed E-state index contributed by atoms with van der Waals surface area (Å²) in [5.41, 5.74) is 2.06. The number of ether oxygens (including phenoxy) is 3. The Morgan fingerprint density at radius 3 is 2.40 bits per heavy atom. The van der Waals surface area contributed by atoms with Crippen LogP contribution in [0.1, 0.15) is 11.1 Å². The van der Waals surface area contributed by atoms with Gasteiger partial charge < -0.3 is 14.2 Å². The summed E-state index contributed by atoms with van der Waals surface area (Å²) in [6, 6.07) is 26.3. The molecule has 7 nitrogen and oxygen atoms in total. The lowest BCUT2D eigenvalue weighted by Crippen LogP contribution is -2.02. The van der Waals surface area contributed by atoms with Crippen LogP contribution in [0.4, 0.5) is 0 Å². The van der Waals surface area contributed by atoms with E-state index < -0.39 is 0 Å². The minimum atomic E-state index is 0.352. The smallest absolute Gasteiger partial charge is 0.163 e. The zero-order valence-corrected chi connectivity index (χ0v) is 20.3. The van der Waals surface area contributed by atoms with Gasteiger partial charge in [0.1, 0.15) is 39.4 Å². The molecule has 35 heavy (non-hydrogen) atoms. The van der Waals surface area contributed by atoms with Crippen LogP contribution in [0, 0.1) is 11.3 Å². The molecule has 0 amide bonds. The molecule has 0 atom stereocenters. The number of fused-ring (bicyclic) bond motifs is 1. The SMILES string of the molecule is COc1ccc(Cn2nc(Br)c3c(Oc4ccc(Oc5ccccc5)cc4C#N)ccnc32)cc1. The first-order chi connectivity index (χ1) is 17.1. The van der Waals surface area contributed by atoms with E-state index in [-0.39, 0.29) is 0 Å². The standard InChI is InChI=1S/C27H19BrN4O3/c1-33-20-9-7-18(8-10-20)17-32-27-25(26(28)31-32)24(13-14-30-27)35-23-12-11-22(15-19(23)16-29)34-21-5-3-2-4-6-21/h2-15H,17H2,1H3. The average molecular weight is 527 g/mol. The zero-order chi connectivity index (χ0) is 24.2. The maximum Gasteiger partial charge on any atom is 0.163 e. The summed E-state index contributed by atoms with van der Waals surface area (Å²) in [6.07, 6.45) is 1.66. The normalized spacial score (nSPS) is 10.7. The molecule has 0 bridgehead atoms. The van der Waals surface area contributed by atoms with Crippen molar-refractivity contribution in [2.24, 2.45) is 0 Å². The van der Waals surface area contributed by atoms with E-state index in [1.807, 2.05) is 54.6 Å². The van der Waals surface area contributed by atoms with Gasteiger partial charge in [-0.25, -0.2) is 9.67 Å². The van der Waals surface area contributed by atoms with E-state index in [1.54, 1.807) is 42.3 Å². The Morgan fingerprint density at radius 2 is 1.66 bits per heavy atom. The zero-order valence-electron chi connectivity index (χ0n) is 18.7. The summed E-state index contributed by atoms with van der Waals surface area (Å²) in [5.74, 6) is 2.98. The van der Waals surface area contributed by atoms with Gasteiger partial charge in [-0.15, -0.1) is 0 Å². The molecule has 8 heteroatoms. The molecule has 0 saturated heterocycles. The van der Waals surface area contributed by atoms with Crippen LogP contribution in [0.2, 0.25) is 0 Å². The number of nitrogens with zero attached hydrogens (tertiary/aromatic N) is 4. The number of para-hydroxylation sites is 1. The summed E-state index contributed by atoms with van der Waals surface area (Å²) in [6.45, 7) is 0.525. The Balaban J connectivity index is 1.44. The molecule has 5 rings (SSSR count). The van der Waals surface area contributed by atoms with Crippen LogP contribution in [0.5, 0.6) is 28.7 Å². The van der Waals surface area contributed by atoms with Gasteiger partial charge in [-0.2, -0.15) is 10.4 Å². The lowest BCUT2D eigenvalue weighted by Gasteiger charge is -2.11. The molecule has 0 fully saturated rings. The monoisotopic (exact) mass is 526 g/mol. The van der Waals surface area contributed by atoms with Crippen LogP contribution in [0.3, 0.4) is 0 Å². The molecular weight excluding hydrogens is 508 g/mol. The molecular formula is C27H19BrN4O3. The highest BCUT2D eigenvalue weighted by Crippen LogP contribution is 2.36. The molecule has 0 spiro atoms. The first-order valence-electron chi connectivity index (χ1n) is 10.7. The molecule has 2 aromatic heterocycles. The number of benzene rings is 3. The molecule has 0 radical (unpaired) electrons. The molecule has 0 aliphatic rings. The van der Waals surface area contributed by atoms with Crippen molar-refractivity contribution in [1.82, 2.24) is 14.8 Å². The maximum absolute atomic E-state index is 9.73. The Labute approximate surface area is 210 Å². The fourth-order valence-electron chi connectivity index (χ4n) is 3.62. The Morgan fingerprint density at radius 1 is 0.886 bits per heavy atom. The topological polar surface area (TPSA) is 82.2 Å². The maximum atomic E-state index is 9.73. The van der Waals surface area contributed by atoms with E-state index in [1.165, 1.54) is 0 Å². The molecule has 3 aromatic carbocycles. The molecule has 0 aliphatic heterocycles. The van der Waals surface area contributed by atoms with Gasteiger partial charge >= 0.3 is 0 Å². The Bertz CT molecular complexity index is 1530. The molecule has 0 aliphatic carbocycles. The molecule has 0 saturated carbocycles. The van der Waals surface area contributed by atoms with Crippen LogP contribution >= 0.6 is 15.9 Å². The second kappa shape index (κ2) is 9.87. The molecule has 5 aromatic rings. The van der Waals surface area contributed by atoms with Crippen molar-refractivity contribution in [3.63, 3.8) is 0 Å². The second-order valence-electron chi connectivity index (χ2n) is 7.59. The minimum absolute atomic E-state index is 0.352. The largest absolute Gasteiger partial charge is 0.497 e. The van der Waals surface area contributed by atoms with Gasteiger partial charge in [0.15, 0.2) is 5.65 Å². The number of methoxy groups -OCH3 is 1. The van der Waals surface area contributed by atoms with E-state index in [0.717, 1.165) is 16.7 Å². The van der Waals surface area contributed by atoms with Crippen LogP contribution in [-0.4, -0.2) is 21.9 Å². The summed E-state index contributed by atoms with van der Waals surface area (Å²) >= 11 is 3.55. The van der Waals surface area contributed by atoms with Crippen LogP contribution in [0.25, 0.3) is 11.0 Å². The fourth-order valence-corrected chi connectivity index (χ4v) is 4.18. The first kappa shape index (κ1) is 22.4. The van der Waals surface area contributed by atoms with E-state index in [4.69, 9.17) is 14.2 Å². The number of rotatable bonds is 7. The van der Waals surface area contributed by atoms with Gasteiger partial charge in [0.25, 0.3) is 0 Å². The highest BCUT2D eigenvalue weighted by atomic mass is 79.9. The van der Waals surface area contributed by atoms with Crippen molar-refractivity contribution in [2.75, 3.05) is 7.11 Å². The highest BCUT2D eigenvalue weighted by molar-refractivity contribution is 9.10. The molecule has 172 valence electrons. The number of nitriles is 1. The predicted octanol–water partition coefficient (Wildman–Crippen LogP) is 6.71. The van der Waals surface area contributed by atoms with Crippen molar-refractivity contribution in [1.29, 1.82) is 5.26 Å². The van der Waals surface area contributed by atoms with E-state index in [0.29, 0.717) is 45.4 Å². The Hall–Kier alpha value is -4.35. The fraction of sp³-hybridized carbons (Fsp3) is 0.0741. The number of pyridine rings is 1. The number of halogens is 1. The van der Waals surface area contributed by atoms with Crippen molar-refractivity contribution in [3.8, 4) is 34.8 Å². The van der Waals surface area contributed by atoms with Gasteiger partial charge in [-0.3, -0.25) is 0 Å². The summed E-state index contributed by atoms with van der Waals surface area (Å²) in [7, 11) is 1.64. The quantitative estimate of drug-likeness (QED) is 0.234. The van der Waals surface area contributed by atoms with Crippen LogP contribution < -0.4 is 14.2 Å². The van der Waals surface area contributed by atoms with Crippen molar-refractivity contribution >= 4 is 27.0 Å². The molecule has 2 heterocycles. The van der Waals surface area contributed by atoms with E-state index in [2.05, 4.69) is 32.1 Å². The van der Waals surface area contributed by atoms with Crippen molar-refractivity contribution < 1.29 is 14.2 Å². The summed E-state index contributed by atoms with van der Waals surface area (Å²) < 4.78 is 19.7. The third-order valence-corrected chi connectivity index (χ3v) is 5.87. The second-order valence-corrected chi connectivity index (χ2v) is 8.34. The number of hydrogen-bond donors (Lipinski definition) is 0. The summed E-state index contributed by atoms with van der Waals surface area (Å²) in [5, 5.41) is 15.1. The predicted molar refractivity (Wildman–Crippen MR) is 135 cm³/mol. The third-order valence-electron chi connectivity index (χ3n) is 5.31. The molecule has 0 N–H and O–H groups in total. The first-order valence-corrected chi connectivity index (χ1v) is 11.5. The van der Waals surface area contributed by atoms with Crippen LogP contribution in [-0.2, 0) is 6.54 Å². The van der Waals surface area contributed by atoms with Gasteiger partial charge in [0.05, 0.1) is 24.6 Å². The van der Waals surface area contributed by atoms with E-state index >= 15 is 0 Å². The van der Waals surface area contributed by atoms with Gasteiger partial charge in [-0.1, -0.05) is 30.3 Å². The number of aromatic nitrogens is 3. The van der Waals surface area contributed by atoms with Gasteiger partial charge in [0.2, 0.25) is 0 Å². The van der Waals surface area contributed by atoms with Gasteiger partial charge in [-0.05, 0) is 57.9 Å².